The van der Waals surface area contributed by atoms with E-state index in [4.69, 9.17) is 9.47 Å². The smallest absolute Gasteiger partial charge is 0.251 e. The minimum absolute atomic E-state index is 0.0724. The molecule has 5 nitrogen and oxygen atoms in total. The molecule has 5 heteroatoms. The summed E-state index contributed by atoms with van der Waals surface area (Å²) in [6.45, 7) is 4.93. The van der Waals surface area contributed by atoms with Crippen LogP contribution < -0.4 is 19.7 Å². The van der Waals surface area contributed by atoms with Crippen LogP contribution in [-0.2, 0) is 6.42 Å². The maximum absolute atomic E-state index is 12.4. The van der Waals surface area contributed by atoms with Crippen molar-refractivity contribution in [2.24, 2.45) is 0 Å². The van der Waals surface area contributed by atoms with Crippen molar-refractivity contribution in [3.63, 3.8) is 0 Å². The number of hydrogen-bond acceptors (Lipinski definition) is 4. The first-order valence-electron chi connectivity index (χ1n) is 9.25. The third-order valence-corrected chi connectivity index (χ3v) is 5.01. The van der Waals surface area contributed by atoms with Gasteiger partial charge in [-0.15, -0.1) is 0 Å². The fraction of sp³-hybridized carbons (Fsp3) is 0.381. The van der Waals surface area contributed by atoms with E-state index in [0.29, 0.717) is 42.9 Å². The van der Waals surface area contributed by atoms with Crippen LogP contribution in [0.5, 0.6) is 11.5 Å². The van der Waals surface area contributed by atoms with Crippen molar-refractivity contribution >= 4 is 11.6 Å². The molecule has 136 valence electrons. The lowest BCUT2D eigenvalue weighted by molar-refractivity contribution is 0.0952. The Hall–Kier alpha value is -2.69. The van der Waals surface area contributed by atoms with Gasteiger partial charge in [-0.2, -0.15) is 0 Å². The quantitative estimate of drug-likeness (QED) is 0.841. The molecule has 0 saturated heterocycles. The van der Waals surface area contributed by atoms with Gasteiger partial charge in [0, 0.05) is 30.4 Å². The Bertz CT molecular complexity index is 806. The zero-order valence-corrected chi connectivity index (χ0v) is 15.0. The van der Waals surface area contributed by atoms with Gasteiger partial charge < -0.3 is 19.7 Å². The second-order valence-corrected chi connectivity index (χ2v) is 6.84. The molecule has 0 aliphatic carbocycles. The molecule has 1 unspecified atom stereocenters. The van der Waals surface area contributed by atoms with Gasteiger partial charge >= 0.3 is 0 Å². The molecule has 0 aromatic heterocycles. The third kappa shape index (κ3) is 3.34. The van der Waals surface area contributed by atoms with Crippen LogP contribution in [0.2, 0.25) is 0 Å². The molecule has 0 saturated carbocycles. The third-order valence-electron chi connectivity index (χ3n) is 5.01. The first-order valence-corrected chi connectivity index (χ1v) is 9.25. The standard InChI is InChI=1S/C21H24N2O3/c1-15-13-16-5-2-3-6-18(16)23(15)10-4-9-22-21(24)17-7-8-19-20(14-17)26-12-11-25-19/h2-3,5-8,14-15H,4,9-13H2,1H3,(H,22,24). The number of carbonyl (C=O) groups excluding carboxylic acids is 1. The fourth-order valence-corrected chi connectivity index (χ4v) is 3.71. The number of hydrogen-bond donors (Lipinski definition) is 1. The summed E-state index contributed by atoms with van der Waals surface area (Å²) in [6.07, 6.45) is 2.01. The number of rotatable bonds is 5. The van der Waals surface area contributed by atoms with Gasteiger partial charge in [-0.1, -0.05) is 18.2 Å². The Morgan fingerprint density at radius 2 is 1.96 bits per heavy atom. The molecule has 26 heavy (non-hydrogen) atoms. The molecule has 1 amide bonds. The molecule has 2 heterocycles. The highest BCUT2D eigenvalue weighted by Crippen LogP contribution is 2.32. The summed E-state index contributed by atoms with van der Waals surface area (Å²) >= 11 is 0. The predicted molar refractivity (Wildman–Crippen MR) is 101 cm³/mol. The van der Waals surface area contributed by atoms with Crippen LogP contribution in [0, 0.1) is 0 Å². The number of carbonyl (C=O) groups is 1. The maximum atomic E-state index is 12.4. The van der Waals surface area contributed by atoms with Gasteiger partial charge in [0.2, 0.25) is 0 Å². The van der Waals surface area contributed by atoms with E-state index in [1.807, 2.05) is 0 Å². The average Bonchev–Trinajstić information content (AvgIpc) is 3.00. The molecule has 2 aromatic carbocycles. The van der Waals surface area contributed by atoms with Crippen LogP contribution in [0.3, 0.4) is 0 Å². The molecule has 2 aliphatic rings. The Morgan fingerprint density at radius 3 is 2.85 bits per heavy atom. The van der Waals surface area contributed by atoms with Crippen molar-refractivity contribution in [1.82, 2.24) is 5.32 Å². The number of ether oxygens (including phenoxy) is 2. The maximum Gasteiger partial charge on any atom is 0.251 e. The molecule has 0 radical (unpaired) electrons. The number of fused-ring (bicyclic) bond motifs is 2. The van der Waals surface area contributed by atoms with Gasteiger partial charge in [0.05, 0.1) is 0 Å². The Balaban J connectivity index is 1.29. The largest absolute Gasteiger partial charge is 0.486 e. The Labute approximate surface area is 153 Å². The minimum Gasteiger partial charge on any atom is -0.486 e. The van der Waals surface area contributed by atoms with Crippen molar-refractivity contribution in [2.75, 3.05) is 31.2 Å². The first kappa shape index (κ1) is 16.8. The summed E-state index contributed by atoms with van der Waals surface area (Å²) in [5, 5.41) is 3.01. The van der Waals surface area contributed by atoms with Crippen molar-refractivity contribution in [1.29, 1.82) is 0 Å². The highest BCUT2D eigenvalue weighted by atomic mass is 16.6. The van der Waals surface area contributed by atoms with E-state index in [2.05, 4.69) is 41.4 Å². The minimum atomic E-state index is -0.0724. The van der Waals surface area contributed by atoms with Gasteiger partial charge in [-0.25, -0.2) is 0 Å². The lowest BCUT2D eigenvalue weighted by atomic mass is 10.1. The van der Waals surface area contributed by atoms with E-state index < -0.39 is 0 Å². The van der Waals surface area contributed by atoms with Gasteiger partial charge in [0.15, 0.2) is 11.5 Å². The van der Waals surface area contributed by atoms with E-state index in [9.17, 15) is 4.79 Å². The summed E-state index contributed by atoms with van der Waals surface area (Å²) in [7, 11) is 0. The predicted octanol–water partition coefficient (Wildman–Crippen LogP) is 3.03. The van der Waals surface area contributed by atoms with Gasteiger partial charge in [0.25, 0.3) is 5.91 Å². The second kappa shape index (κ2) is 7.28. The molecule has 0 bridgehead atoms. The van der Waals surface area contributed by atoms with Crippen LogP contribution >= 0.6 is 0 Å². The molecule has 4 rings (SSSR count). The summed E-state index contributed by atoms with van der Waals surface area (Å²) in [6, 6.07) is 14.4. The topological polar surface area (TPSA) is 50.8 Å². The summed E-state index contributed by atoms with van der Waals surface area (Å²) in [5.41, 5.74) is 3.35. The lowest BCUT2D eigenvalue weighted by Crippen LogP contribution is -2.33. The average molecular weight is 352 g/mol. The molecule has 0 fully saturated rings. The highest BCUT2D eigenvalue weighted by molar-refractivity contribution is 5.94. The number of nitrogens with one attached hydrogen (secondary N) is 1. The number of anilines is 1. The monoisotopic (exact) mass is 352 g/mol. The van der Waals surface area contributed by atoms with Crippen molar-refractivity contribution in [2.45, 2.75) is 25.8 Å². The van der Waals surface area contributed by atoms with Crippen LogP contribution in [0.15, 0.2) is 42.5 Å². The first-order chi connectivity index (χ1) is 12.7. The SMILES string of the molecule is CC1Cc2ccccc2N1CCCNC(=O)c1ccc2c(c1)OCCO2. The number of benzene rings is 2. The Morgan fingerprint density at radius 1 is 1.15 bits per heavy atom. The summed E-state index contributed by atoms with van der Waals surface area (Å²) in [4.78, 5) is 14.8. The van der Waals surface area contributed by atoms with Crippen molar-refractivity contribution in [3.8, 4) is 11.5 Å². The van der Waals surface area contributed by atoms with Crippen molar-refractivity contribution < 1.29 is 14.3 Å². The van der Waals surface area contributed by atoms with E-state index in [1.54, 1.807) is 18.2 Å². The zero-order valence-electron chi connectivity index (χ0n) is 15.0. The number of amides is 1. The van der Waals surface area contributed by atoms with Crippen molar-refractivity contribution in [3.05, 3.63) is 53.6 Å². The molecule has 1 atom stereocenters. The van der Waals surface area contributed by atoms with E-state index in [1.165, 1.54) is 11.3 Å². The lowest BCUT2D eigenvalue weighted by Gasteiger charge is -2.25. The highest BCUT2D eigenvalue weighted by Gasteiger charge is 2.24. The van der Waals surface area contributed by atoms with E-state index in [0.717, 1.165) is 19.4 Å². The second-order valence-electron chi connectivity index (χ2n) is 6.84. The van der Waals surface area contributed by atoms with Crippen LogP contribution in [0.25, 0.3) is 0 Å². The molecule has 2 aromatic rings. The molecular formula is C21H24N2O3. The number of para-hydroxylation sites is 1. The van der Waals surface area contributed by atoms with Gasteiger partial charge in [-0.3, -0.25) is 4.79 Å². The van der Waals surface area contributed by atoms with Crippen LogP contribution in [0.4, 0.5) is 5.69 Å². The Kier molecular flexibility index (Phi) is 4.69. The van der Waals surface area contributed by atoms with E-state index >= 15 is 0 Å². The zero-order chi connectivity index (χ0) is 17.9. The van der Waals surface area contributed by atoms with Gasteiger partial charge in [0.1, 0.15) is 13.2 Å². The molecule has 1 N–H and O–H groups in total. The summed E-state index contributed by atoms with van der Waals surface area (Å²) < 4.78 is 11.0. The van der Waals surface area contributed by atoms with Crippen LogP contribution in [-0.4, -0.2) is 38.3 Å². The molecule has 2 aliphatic heterocycles. The fourth-order valence-electron chi connectivity index (χ4n) is 3.71. The number of nitrogens with zero attached hydrogens (tertiary/aromatic N) is 1. The summed E-state index contributed by atoms with van der Waals surface area (Å²) in [5.74, 6) is 1.28. The van der Waals surface area contributed by atoms with E-state index in [-0.39, 0.29) is 5.91 Å². The van der Waals surface area contributed by atoms with Crippen LogP contribution in [0.1, 0.15) is 29.3 Å². The normalized spacial score (nSPS) is 17.7. The molecule has 0 spiro atoms. The molecular weight excluding hydrogens is 328 g/mol. The van der Waals surface area contributed by atoms with Gasteiger partial charge in [-0.05, 0) is 49.6 Å².